The van der Waals surface area contributed by atoms with Gasteiger partial charge in [-0.25, -0.2) is 8.42 Å². The number of carbonyl (C=O) groups excluding carboxylic acids is 2. The molecule has 0 aliphatic carbocycles. The number of sulfonamides is 1. The summed E-state index contributed by atoms with van der Waals surface area (Å²) < 4.78 is 29.8. The first-order chi connectivity index (χ1) is 17.1. The zero-order chi connectivity index (χ0) is 25.9. The van der Waals surface area contributed by atoms with Gasteiger partial charge in [0.05, 0.1) is 4.90 Å². The molecule has 2 atom stereocenters. The fraction of sp³-hybridized carbons (Fsp3) is 0.480. The first-order valence-electron chi connectivity index (χ1n) is 12.3. The monoisotopic (exact) mass is 514 g/mol. The molecule has 11 heteroatoms. The molecule has 0 saturated carbocycles. The van der Waals surface area contributed by atoms with Gasteiger partial charge in [-0.3, -0.25) is 15.0 Å². The number of carbonyl (C=O) groups is 2. The number of nitrogens with zero attached hydrogens (tertiary/aromatic N) is 2. The molecule has 2 fully saturated rings. The predicted molar refractivity (Wildman–Crippen MR) is 138 cm³/mol. The Bertz CT molecular complexity index is 1260. The highest BCUT2D eigenvalue weighted by atomic mass is 32.2. The molecule has 0 aromatic heterocycles. The van der Waals surface area contributed by atoms with Crippen molar-refractivity contribution in [2.24, 2.45) is 17.4 Å². The van der Waals surface area contributed by atoms with Gasteiger partial charge >= 0.3 is 0 Å². The highest BCUT2D eigenvalue weighted by Gasteiger charge is 2.51. The van der Waals surface area contributed by atoms with Crippen LogP contribution in [0.25, 0.3) is 10.8 Å². The van der Waals surface area contributed by atoms with Gasteiger partial charge in [-0.15, -0.1) is 0 Å². The molecule has 2 aromatic rings. The molecule has 36 heavy (non-hydrogen) atoms. The third kappa shape index (κ3) is 5.37. The van der Waals surface area contributed by atoms with Gasteiger partial charge in [-0.05, 0) is 61.7 Å². The van der Waals surface area contributed by atoms with Crippen LogP contribution in [0.1, 0.15) is 32.1 Å². The quantitative estimate of drug-likeness (QED) is 0.232. The second-order valence-corrected chi connectivity index (χ2v) is 11.4. The first-order valence-corrected chi connectivity index (χ1v) is 13.8. The Morgan fingerprint density at radius 3 is 2.36 bits per heavy atom. The van der Waals surface area contributed by atoms with Crippen LogP contribution in [-0.2, 0) is 19.6 Å². The fourth-order valence-electron chi connectivity index (χ4n) is 5.24. The van der Waals surface area contributed by atoms with E-state index in [1.165, 1.54) is 12.1 Å². The summed E-state index contributed by atoms with van der Waals surface area (Å²) in [5.74, 6) is -2.46. The molecule has 2 saturated heterocycles. The highest BCUT2D eigenvalue weighted by Crippen LogP contribution is 2.27. The average Bonchev–Trinajstić information content (AvgIpc) is 2.88. The van der Waals surface area contributed by atoms with Crippen molar-refractivity contribution in [2.75, 3.05) is 32.7 Å². The minimum absolute atomic E-state index is 0.0488. The Kier molecular flexibility index (Phi) is 7.62. The Labute approximate surface area is 211 Å². The van der Waals surface area contributed by atoms with E-state index in [2.05, 4.69) is 4.72 Å². The molecule has 1 amide bonds. The van der Waals surface area contributed by atoms with Gasteiger partial charge in [0, 0.05) is 25.6 Å². The van der Waals surface area contributed by atoms with Crippen molar-refractivity contribution < 1.29 is 18.0 Å². The smallest absolute Gasteiger partial charge is 0.247 e. The van der Waals surface area contributed by atoms with Gasteiger partial charge in [0.2, 0.25) is 15.9 Å². The SMILES string of the molecule is N=C(N)N1CCCC(C(=O)C(CN2CCCCC2)(NS(=O)(=O)c2ccc3ccccc3c2)C(N)=O)C1. The van der Waals surface area contributed by atoms with Gasteiger partial charge < -0.3 is 21.3 Å². The van der Waals surface area contributed by atoms with Crippen LogP contribution in [0, 0.1) is 11.3 Å². The van der Waals surface area contributed by atoms with Crippen molar-refractivity contribution >= 4 is 38.4 Å². The maximum absolute atomic E-state index is 14.0. The Balaban J connectivity index is 1.73. The highest BCUT2D eigenvalue weighted by molar-refractivity contribution is 7.89. The molecule has 0 bridgehead atoms. The van der Waals surface area contributed by atoms with Crippen LogP contribution in [-0.4, -0.2) is 74.1 Å². The number of nitrogens with two attached hydrogens (primary N) is 2. The van der Waals surface area contributed by atoms with E-state index in [-0.39, 0.29) is 23.9 Å². The van der Waals surface area contributed by atoms with Crippen LogP contribution in [0.2, 0.25) is 0 Å². The Morgan fingerprint density at radius 2 is 1.69 bits per heavy atom. The lowest BCUT2D eigenvalue weighted by atomic mass is 9.81. The molecule has 2 heterocycles. The van der Waals surface area contributed by atoms with Crippen LogP contribution >= 0.6 is 0 Å². The topological polar surface area (TPSA) is 163 Å². The number of guanidine groups is 1. The molecule has 2 aromatic carbocycles. The van der Waals surface area contributed by atoms with Crippen molar-refractivity contribution in [1.82, 2.24) is 14.5 Å². The van der Waals surface area contributed by atoms with Crippen molar-refractivity contribution in [1.29, 1.82) is 5.41 Å². The van der Waals surface area contributed by atoms with Crippen LogP contribution < -0.4 is 16.2 Å². The van der Waals surface area contributed by atoms with E-state index in [0.717, 1.165) is 30.0 Å². The number of rotatable bonds is 8. The fourth-order valence-corrected chi connectivity index (χ4v) is 6.62. The predicted octanol–water partition coefficient (Wildman–Crippen LogP) is 1.00. The van der Waals surface area contributed by atoms with Crippen LogP contribution in [0.3, 0.4) is 0 Å². The van der Waals surface area contributed by atoms with E-state index in [1.54, 1.807) is 17.0 Å². The van der Waals surface area contributed by atoms with Gasteiger partial charge in [-0.2, -0.15) is 4.72 Å². The summed E-state index contributed by atoms with van der Waals surface area (Å²) >= 11 is 0. The molecule has 10 nitrogen and oxygen atoms in total. The number of Topliss-reactive ketones (excluding diaryl/α,β-unsaturated/α-hetero) is 1. The number of benzene rings is 2. The van der Waals surface area contributed by atoms with E-state index in [1.807, 2.05) is 23.1 Å². The number of nitrogens with one attached hydrogen (secondary N) is 2. The number of piperidine rings is 2. The van der Waals surface area contributed by atoms with Gasteiger partial charge in [0.1, 0.15) is 0 Å². The standard InChI is InChI=1S/C25H34N6O4S/c26-23(33)25(17-30-12-4-1-5-13-30,22(32)20-9-6-14-31(16-20)24(27)28)29-36(34,35)21-11-10-18-7-2-3-8-19(18)15-21/h2-3,7-8,10-11,15,20,29H,1,4-6,9,12-14,16-17H2,(H2,26,33)(H3,27,28). The number of fused-ring (bicyclic) bond motifs is 1. The van der Waals surface area contributed by atoms with E-state index in [4.69, 9.17) is 16.9 Å². The lowest BCUT2D eigenvalue weighted by molar-refractivity contribution is -0.139. The van der Waals surface area contributed by atoms with E-state index >= 15 is 0 Å². The molecular weight excluding hydrogens is 480 g/mol. The molecular formula is C25H34N6O4S. The van der Waals surface area contributed by atoms with E-state index in [0.29, 0.717) is 32.5 Å². The molecule has 2 unspecified atom stereocenters. The molecule has 6 N–H and O–H groups in total. The Hall–Kier alpha value is -3.02. The summed E-state index contributed by atoms with van der Waals surface area (Å²) in [4.78, 5) is 30.6. The van der Waals surface area contributed by atoms with Gasteiger partial charge in [-0.1, -0.05) is 36.8 Å². The maximum atomic E-state index is 14.0. The zero-order valence-corrected chi connectivity index (χ0v) is 21.1. The average molecular weight is 515 g/mol. The summed E-state index contributed by atoms with van der Waals surface area (Å²) in [5, 5.41) is 9.36. The lowest BCUT2D eigenvalue weighted by Crippen LogP contribution is -2.70. The number of primary amides is 1. The first kappa shape index (κ1) is 26.1. The molecule has 194 valence electrons. The van der Waals surface area contributed by atoms with E-state index in [9.17, 15) is 18.0 Å². The van der Waals surface area contributed by atoms with Crippen molar-refractivity contribution in [3.05, 3.63) is 42.5 Å². The second kappa shape index (κ2) is 10.5. The summed E-state index contributed by atoms with van der Waals surface area (Å²) in [6.07, 6.45) is 3.86. The molecule has 0 radical (unpaired) electrons. The summed E-state index contributed by atoms with van der Waals surface area (Å²) in [6, 6.07) is 12.0. The van der Waals surface area contributed by atoms with Gasteiger partial charge in [0.25, 0.3) is 0 Å². The number of amides is 1. The number of ketones is 1. The molecule has 0 spiro atoms. The molecule has 4 rings (SSSR count). The number of hydrogen-bond donors (Lipinski definition) is 4. The normalized spacial score (nSPS) is 21.1. The minimum atomic E-state index is -4.30. The van der Waals surface area contributed by atoms with Crippen molar-refractivity contribution in [3.63, 3.8) is 0 Å². The Morgan fingerprint density at radius 1 is 1.00 bits per heavy atom. The summed E-state index contributed by atoms with van der Waals surface area (Å²) in [7, 11) is -4.30. The number of likely N-dealkylation sites (tertiary alicyclic amines) is 2. The van der Waals surface area contributed by atoms with E-state index < -0.39 is 33.2 Å². The van der Waals surface area contributed by atoms with Crippen molar-refractivity contribution in [3.8, 4) is 0 Å². The maximum Gasteiger partial charge on any atom is 0.247 e. The minimum Gasteiger partial charge on any atom is -0.370 e. The van der Waals surface area contributed by atoms with Crippen molar-refractivity contribution in [2.45, 2.75) is 42.5 Å². The van der Waals surface area contributed by atoms with Crippen LogP contribution in [0.5, 0.6) is 0 Å². The molecule has 2 aliphatic heterocycles. The lowest BCUT2D eigenvalue weighted by Gasteiger charge is -2.40. The van der Waals surface area contributed by atoms with Crippen LogP contribution in [0.4, 0.5) is 0 Å². The molecule has 2 aliphatic rings. The van der Waals surface area contributed by atoms with Crippen LogP contribution in [0.15, 0.2) is 47.4 Å². The zero-order valence-electron chi connectivity index (χ0n) is 20.3. The second-order valence-electron chi connectivity index (χ2n) is 9.76. The number of hydrogen-bond acceptors (Lipinski definition) is 6. The summed E-state index contributed by atoms with van der Waals surface area (Å²) in [6.45, 7) is 1.82. The third-order valence-electron chi connectivity index (χ3n) is 7.22. The summed E-state index contributed by atoms with van der Waals surface area (Å²) in [5.41, 5.74) is 9.38. The largest absolute Gasteiger partial charge is 0.370 e. The third-order valence-corrected chi connectivity index (χ3v) is 8.72. The van der Waals surface area contributed by atoms with Gasteiger partial charge in [0.15, 0.2) is 17.3 Å².